The van der Waals surface area contributed by atoms with E-state index in [0.29, 0.717) is 6.61 Å². The molecule has 1 saturated heterocycles. The predicted molar refractivity (Wildman–Crippen MR) is 78.9 cm³/mol. The quantitative estimate of drug-likeness (QED) is 0.854. The van der Waals surface area contributed by atoms with Crippen molar-refractivity contribution in [2.75, 3.05) is 37.7 Å². The molecule has 1 N–H and O–H groups in total. The summed E-state index contributed by atoms with van der Waals surface area (Å²) in [7, 11) is 0. The lowest BCUT2D eigenvalue weighted by Crippen LogP contribution is -2.36. The van der Waals surface area contributed by atoms with E-state index in [1.165, 1.54) is 12.8 Å². The Hall–Kier alpha value is -1.29. The lowest BCUT2D eigenvalue weighted by atomic mass is 9.97. The minimum atomic E-state index is 0.664. The number of nitrogens with zero attached hydrogens (tertiary/aromatic N) is 2. The van der Waals surface area contributed by atoms with Crippen LogP contribution in [0.2, 0.25) is 0 Å². The summed E-state index contributed by atoms with van der Waals surface area (Å²) in [5.74, 6) is 2.54. The van der Waals surface area contributed by atoms with E-state index in [1.54, 1.807) is 0 Å². The highest BCUT2D eigenvalue weighted by molar-refractivity contribution is 5.40. The van der Waals surface area contributed by atoms with Crippen LogP contribution in [0.15, 0.2) is 18.2 Å². The van der Waals surface area contributed by atoms with E-state index in [4.69, 9.17) is 4.74 Å². The monoisotopic (exact) mass is 263 g/mol. The molecule has 4 nitrogen and oxygen atoms in total. The van der Waals surface area contributed by atoms with Crippen molar-refractivity contribution in [3.8, 4) is 5.88 Å². The molecule has 0 unspecified atom stereocenters. The predicted octanol–water partition coefficient (Wildman–Crippen LogP) is 2.31. The normalized spacial score (nSPS) is 16.3. The van der Waals surface area contributed by atoms with Crippen molar-refractivity contribution in [1.82, 2.24) is 10.3 Å². The molecule has 2 rings (SSSR count). The van der Waals surface area contributed by atoms with Crippen molar-refractivity contribution in [2.24, 2.45) is 5.92 Å². The molecule has 19 heavy (non-hydrogen) atoms. The number of piperidine rings is 1. The Kier molecular flexibility index (Phi) is 5.45. The summed E-state index contributed by atoms with van der Waals surface area (Å²) in [4.78, 5) is 6.95. The molecular formula is C15H25N3O. The SMILES string of the molecule is CCOc1cccc(N(CC)CC2CCNCC2)n1. The second kappa shape index (κ2) is 7.34. The van der Waals surface area contributed by atoms with E-state index in [0.717, 1.165) is 43.8 Å². The largest absolute Gasteiger partial charge is 0.478 e. The fraction of sp³-hybridized carbons (Fsp3) is 0.667. The standard InChI is InChI=1S/C15H25N3O/c1-3-18(12-13-8-10-16-11-9-13)14-6-5-7-15(17-14)19-4-2/h5-7,13,16H,3-4,8-12H2,1-2H3. The first-order valence-electron chi connectivity index (χ1n) is 7.39. The highest BCUT2D eigenvalue weighted by Gasteiger charge is 2.17. The number of ether oxygens (including phenoxy) is 1. The van der Waals surface area contributed by atoms with Gasteiger partial charge < -0.3 is 15.0 Å². The van der Waals surface area contributed by atoms with Crippen LogP contribution in [0.3, 0.4) is 0 Å². The fourth-order valence-corrected chi connectivity index (χ4v) is 2.57. The Morgan fingerprint density at radius 1 is 1.32 bits per heavy atom. The summed E-state index contributed by atoms with van der Waals surface area (Å²) in [6.45, 7) is 9.23. The van der Waals surface area contributed by atoms with Crippen molar-refractivity contribution in [3.63, 3.8) is 0 Å². The van der Waals surface area contributed by atoms with Crippen LogP contribution in [0, 0.1) is 5.92 Å². The van der Waals surface area contributed by atoms with Crippen LogP contribution in [0.4, 0.5) is 5.82 Å². The van der Waals surface area contributed by atoms with E-state index in [2.05, 4.69) is 28.2 Å². The maximum Gasteiger partial charge on any atom is 0.215 e. The lowest BCUT2D eigenvalue weighted by Gasteiger charge is -2.30. The molecule has 0 aliphatic carbocycles. The van der Waals surface area contributed by atoms with Crippen LogP contribution in [-0.4, -0.2) is 37.8 Å². The van der Waals surface area contributed by atoms with Gasteiger partial charge in [0.2, 0.25) is 5.88 Å². The number of hydrogen-bond acceptors (Lipinski definition) is 4. The first-order chi connectivity index (χ1) is 9.33. The van der Waals surface area contributed by atoms with Crippen LogP contribution >= 0.6 is 0 Å². The highest BCUT2D eigenvalue weighted by atomic mass is 16.5. The lowest BCUT2D eigenvalue weighted by molar-refractivity contribution is 0.326. The average Bonchev–Trinajstić information content (AvgIpc) is 2.46. The van der Waals surface area contributed by atoms with E-state index < -0.39 is 0 Å². The van der Waals surface area contributed by atoms with Crippen LogP contribution in [0.25, 0.3) is 0 Å². The van der Waals surface area contributed by atoms with Gasteiger partial charge in [-0.15, -0.1) is 0 Å². The molecule has 0 bridgehead atoms. The van der Waals surface area contributed by atoms with Crippen LogP contribution in [-0.2, 0) is 0 Å². The molecule has 1 aliphatic rings. The molecule has 0 saturated carbocycles. The topological polar surface area (TPSA) is 37.4 Å². The second-order valence-electron chi connectivity index (χ2n) is 5.00. The van der Waals surface area contributed by atoms with Crippen LogP contribution < -0.4 is 15.0 Å². The first-order valence-corrected chi connectivity index (χ1v) is 7.39. The van der Waals surface area contributed by atoms with Gasteiger partial charge in [-0.3, -0.25) is 0 Å². The third kappa shape index (κ3) is 4.10. The molecule has 2 heterocycles. The van der Waals surface area contributed by atoms with E-state index in [1.807, 2.05) is 19.1 Å². The average molecular weight is 263 g/mol. The van der Waals surface area contributed by atoms with Gasteiger partial charge in [0.25, 0.3) is 0 Å². The zero-order chi connectivity index (χ0) is 13.5. The van der Waals surface area contributed by atoms with Gasteiger partial charge in [-0.05, 0) is 51.8 Å². The van der Waals surface area contributed by atoms with Crippen LogP contribution in [0.5, 0.6) is 5.88 Å². The smallest absolute Gasteiger partial charge is 0.215 e. The first kappa shape index (κ1) is 14.1. The van der Waals surface area contributed by atoms with Crippen molar-refractivity contribution < 1.29 is 4.74 Å². The Morgan fingerprint density at radius 3 is 2.79 bits per heavy atom. The van der Waals surface area contributed by atoms with Crippen molar-refractivity contribution >= 4 is 5.82 Å². The Balaban J connectivity index is 2.01. The van der Waals surface area contributed by atoms with Gasteiger partial charge in [-0.25, -0.2) is 0 Å². The molecule has 1 aromatic heterocycles. The van der Waals surface area contributed by atoms with Gasteiger partial charge in [-0.2, -0.15) is 4.98 Å². The van der Waals surface area contributed by atoms with Gasteiger partial charge in [0.05, 0.1) is 6.61 Å². The Morgan fingerprint density at radius 2 is 2.11 bits per heavy atom. The number of pyridine rings is 1. The Labute approximate surface area is 116 Å². The van der Waals surface area contributed by atoms with Crippen LogP contribution in [0.1, 0.15) is 26.7 Å². The summed E-state index contributed by atoms with van der Waals surface area (Å²) in [6, 6.07) is 6.02. The number of hydrogen-bond donors (Lipinski definition) is 1. The van der Waals surface area contributed by atoms with Crippen molar-refractivity contribution in [3.05, 3.63) is 18.2 Å². The summed E-state index contributed by atoms with van der Waals surface area (Å²) in [5.41, 5.74) is 0. The van der Waals surface area contributed by atoms with Crippen molar-refractivity contribution in [1.29, 1.82) is 0 Å². The fourth-order valence-electron chi connectivity index (χ4n) is 2.57. The minimum absolute atomic E-state index is 0.664. The molecule has 0 atom stereocenters. The summed E-state index contributed by atoms with van der Waals surface area (Å²) >= 11 is 0. The molecule has 4 heteroatoms. The van der Waals surface area contributed by atoms with Gasteiger partial charge in [0.1, 0.15) is 5.82 Å². The number of rotatable bonds is 6. The van der Waals surface area contributed by atoms with Gasteiger partial charge in [-0.1, -0.05) is 6.07 Å². The highest BCUT2D eigenvalue weighted by Crippen LogP contribution is 2.20. The van der Waals surface area contributed by atoms with E-state index in [9.17, 15) is 0 Å². The van der Waals surface area contributed by atoms with Gasteiger partial charge >= 0.3 is 0 Å². The molecule has 0 aromatic carbocycles. The number of anilines is 1. The molecule has 0 radical (unpaired) electrons. The van der Waals surface area contributed by atoms with E-state index in [-0.39, 0.29) is 0 Å². The third-order valence-corrected chi connectivity index (χ3v) is 3.64. The number of aromatic nitrogens is 1. The maximum atomic E-state index is 5.48. The molecular weight excluding hydrogens is 238 g/mol. The molecule has 0 amide bonds. The zero-order valence-electron chi connectivity index (χ0n) is 12.1. The zero-order valence-corrected chi connectivity index (χ0v) is 12.1. The van der Waals surface area contributed by atoms with Gasteiger partial charge in [0.15, 0.2) is 0 Å². The summed E-state index contributed by atoms with van der Waals surface area (Å²) in [6.07, 6.45) is 2.53. The second-order valence-corrected chi connectivity index (χ2v) is 5.00. The molecule has 0 spiro atoms. The third-order valence-electron chi connectivity index (χ3n) is 3.64. The van der Waals surface area contributed by atoms with Gasteiger partial charge in [0, 0.05) is 19.2 Å². The molecule has 106 valence electrons. The molecule has 1 fully saturated rings. The Bertz CT molecular complexity index is 377. The summed E-state index contributed by atoms with van der Waals surface area (Å²) in [5, 5.41) is 3.42. The van der Waals surface area contributed by atoms with Crippen molar-refractivity contribution in [2.45, 2.75) is 26.7 Å². The van der Waals surface area contributed by atoms with E-state index >= 15 is 0 Å². The number of nitrogens with one attached hydrogen (secondary N) is 1. The minimum Gasteiger partial charge on any atom is -0.478 e. The molecule has 1 aromatic rings. The molecule has 1 aliphatic heterocycles. The maximum absolute atomic E-state index is 5.48. The summed E-state index contributed by atoms with van der Waals surface area (Å²) < 4.78 is 5.48.